The second kappa shape index (κ2) is 6.39. The second-order valence-electron chi connectivity index (χ2n) is 4.90. The van der Waals surface area contributed by atoms with Crippen LogP contribution < -0.4 is 0 Å². The molecule has 0 heterocycles. The van der Waals surface area contributed by atoms with Gasteiger partial charge in [-0.3, -0.25) is 4.79 Å². The maximum atomic E-state index is 11.3. The van der Waals surface area contributed by atoms with Gasteiger partial charge in [0.1, 0.15) is 5.60 Å². The van der Waals surface area contributed by atoms with Crippen LogP contribution in [0.15, 0.2) is 54.6 Å². The zero-order valence-corrected chi connectivity index (χ0v) is 13.8. The zero-order valence-electron chi connectivity index (χ0n) is 11.6. The molecule has 20 heavy (non-hydrogen) atoms. The molecular formula is C17H17IO2. The van der Waals surface area contributed by atoms with Gasteiger partial charge in [0.2, 0.25) is 0 Å². The summed E-state index contributed by atoms with van der Waals surface area (Å²) in [4.78, 5) is 11.3. The highest BCUT2D eigenvalue weighted by Gasteiger charge is 2.28. The standard InChI is InChI=1S/C17H17IO2/c1-13(19)20-17(2,12-18)16-10-8-15(9-11-16)14-6-4-3-5-7-14/h3-11H,12H2,1-2H3. The average Bonchev–Trinajstić information content (AvgIpc) is 2.47. The van der Waals surface area contributed by atoms with Gasteiger partial charge in [-0.2, -0.15) is 0 Å². The van der Waals surface area contributed by atoms with Crippen LogP contribution in [0.3, 0.4) is 0 Å². The van der Waals surface area contributed by atoms with E-state index in [4.69, 9.17) is 4.74 Å². The van der Waals surface area contributed by atoms with Crippen molar-refractivity contribution in [3.05, 3.63) is 60.2 Å². The number of alkyl halides is 1. The van der Waals surface area contributed by atoms with Crippen molar-refractivity contribution >= 4 is 28.6 Å². The second-order valence-corrected chi connectivity index (χ2v) is 5.66. The van der Waals surface area contributed by atoms with Crippen LogP contribution in [0.25, 0.3) is 11.1 Å². The molecule has 2 aromatic rings. The van der Waals surface area contributed by atoms with Gasteiger partial charge < -0.3 is 4.74 Å². The van der Waals surface area contributed by atoms with E-state index in [9.17, 15) is 4.79 Å². The number of halogens is 1. The quantitative estimate of drug-likeness (QED) is 0.441. The normalized spacial score (nSPS) is 13.6. The van der Waals surface area contributed by atoms with Crippen molar-refractivity contribution in [1.82, 2.24) is 0 Å². The van der Waals surface area contributed by atoms with E-state index in [2.05, 4.69) is 46.9 Å². The van der Waals surface area contributed by atoms with Crippen molar-refractivity contribution in [2.75, 3.05) is 4.43 Å². The molecule has 0 aliphatic heterocycles. The van der Waals surface area contributed by atoms with Crippen molar-refractivity contribution in [3.63, 3.8) is 0 Å². The minimum atomic E-state index is -0.568. The van der Waals surface area contributed by atoms with E-state index < -0.39 is 5.60 Å². The summed E-state index contributed by atoms with van der Waals surface area (Å²) in [6.07, 6.45) is 0. The van der Waals surface area contributed by atoms with E-state index in [1.807, 2.05) is 37.3 Å². The lowest BCUT2D eigenvalue weighted by Gasteiger charge is -2.27. The summed E-state index contributed by atoms with van der Waals surface area (Å²) in [5, 5.41) is 0. The van der Waals surface area contributed by atoms with Crippen molar-refractivity contribution in [2.45, 2.75) is 19.4 Å². The van der Waals surface area contributed by atoms with Crippen LogP contribution in [0.1, 0.15) is 19.4 Å². The predicted molar refractivity (Wildman–Crippen MR) is 89.9 cm³/mol. The fourth-order valence-electron chi connectivity index (χ4n) is 2.13. The zero-order chi connectivity index (χ0) is 14.6. The van der Waals surface area contributed by atoms with Gasteiger partial charge in [0.25, 0.3) is 0 Å². The van der Waals surface area contributed by atoms with E-state index in [0.717, 1.165) is 15.6 Å². The molecule has 0 aromatic heterocycles. The Morgan fingerprint density at radius 2 is 1.60 bits per heavy atom. The van der Waals surface area contributed by atoms with Gasteiger partial charge in [-0.1, -0.05) is 77.2 Å². The van der Waals surface area contributed by atoms with E-state index in [1.165, 1.54) is 12.5 Å². The minimum Gasteiger partial charge on any atom is -0.454 e. The lowest BCUT2D eigenvalue weighted by Crippen LogP contribution is -2.29. The first-order valence-corrected chi connectivity index (χ1v) is 7.99. The molecular weight excluding hydrogens is 363 g/mol. The molecule has 0 amide bonds. The lowest BCUT2D eigenvalue weighted by atomic mass is 9.95. The number of hydrogen-bond donors (Lipinski definition) is 0. The first-order chi connectivity index (χ1) is 9.55. The maximum Gasteiger partial charge on any atom is 0.303 e. The number of carbonyl (C=O) groups excluding carboxylic acids is 1. The number of hydrogen-bond acceptors (Lipinski definition) is 2. The summed E-state index contributed by atoms with van der Waals surface area (Å²) < 4.78 is 6.19. The highest BCUT2D eigenvalue weighted by atomic mass is 127. The van der Waals surface area contributed by atoms with Crippen molar-refractivity contribution in [3.8, 4) is 11.1 Å². The molecule has 104 valence electrons. The summed E-state index contributed by atoms with van der Waals surface area (Å²) in [6.45, 7) is 3.39. The Bertz CT molecular complexity index is 578. The molecule has 0 radical (unpaired) electrons. The molecule has 1 atom stereocenters. The molecule has 0 N–H and O–H groups in total. The molecule has 2 nitrogen and oxygen atoms in total. The van der Waals surface area contributed by atoms with E-state index in [-0.39, 0.29) is 5.97 Å². The van der Waals surface area contributed by atoms with Crippen LogP contribution in [0.5, 0.6) is 0 Å². The number of esters is 1. The van der Waals surface area contributed by atoms with Gasteiger partial charge in [0, 0.05) is 11.4 Å². The molecule has 1 unspecified atom stereocenters. The molecule has 0 bridgehead atoms. The number of ether oxygens (including phenoxy) is 1. The Morgan fingerprint density at radius 1 is 1.05 bits per heavy atom. The van der Waals surface area contributed by atoms with Gasteiger partial charge in [0.05, 0.1) is 0 Å². The third kappa shape index (κ3) is 3.39. The van der Waals surface area contributed by atoms with E-state index >= 15 is 0 Å². The van der Waals surface area contributed by atoms with E-state index in [1.54, 1.807) is 0 Å². The molecule has 3 heteroatoms. The van der Waals surface area contributed by atoms with Crippen LogP contribution in [0.2, 0.25) is 0 Å². The summed E-state index contributed by atoms with van der Waals surface area (Å²) in [5.41, 5.74) is 2.79. The fraction of sp³-hybridized carbons (Fsp3) is 0.235. The molecule has 2 rings (SSSR count). The maximum absolute atomic E-state index is 11.3. The summed E-state index contributed by atoms with van der Waals surface area (Å²) in [7, 11) is 0. The molecule has 2 aromatic carbocycles. The van der Waals surface area contributed by atoms with Gasteiger partial charge >= 0.3 is 5.97 Å². The third-order valence-electron chi connectivity index (χ3n) is 3.23. The van der Waals surface area contributed by atoms with Crippen LogP contribution >= 0.6 is 22.6 Å². The summed E-state index contributed by atoms with van der Waals surface area (Å²) >= 11 is 2.25. The van der Waals surface area contributed by atoms with Crippen LogP contribution in [-0.4, -0.2) is 10.4 Å². The molecule has 0 spiro atoms. The number of carbonyl (C=O) groups is 1. The fourth-order valence-corrected chi connectivity index (χ4v) is 2.72. The van der Waals surface area contributed by atoms with Gasteiger partial charge in [0.15, 0.2) is 0 Å². The van der Waals surface area contributed by atoms with Gasteiger partial charge in [-0.05, 0) is 23.6 Å². The first-order valence-electron chi connectivity index (χ1n) is 6.47. The SMILES string of the molecule is CC(=O)OC(C)(CI)c1ccc(-c2ccccc2)cc1. The molecule has 0 saturated heterocycles. The average molecular weight is 380 g/mol. The van der Waals surface area contributed by atoms with Crippen LogP contribution in [-0.2, 0) is 15.1 Å². The monoisotopic (exact) mass is 380 g/mol. The topological polar surface area (TPSA) is 26.3 Å². The Kier molecular flexibility index (Phi) is 4.81. The first kappa shape index (κ1) is 15.0. The Morgan fingerprint density at radius 3 is 2.10 bits per heavy atom. The lowest BCUT2D eigenvalue weighted by molar-refractivity contribution is -0.153. The number of benzene rings is 2. The Balaban J connectivity index is 2.30. The molecule has 0 aliphatic carbocycles. The third-order valence-corrected chi connectivity index (χ3v) is 4.68. The van der Waals surface area contributed by atoms with Crippen LogP contribution in [0.4, 0.5) is 0 Å². The summed E-state index contributed by atoms with van der Waals surface area (Å²) in [6, 6.07) is 18.4. The van der Waals surface area contributed by atoms with E-state index in [0.29, 0.717) is 0 Å². The Labute approximate surface area is 133 Å². The molecule has 0 aliphatic rings. The van der Waals surface area contributed by atoms with Gasteiger partial charge in [-0.15, -0.1) is 0 Å². The molecule has 0 saturated carbocycles. The minimum absolute atomic E-state index is 0.253. The Hall–Kier alpha value is -1.36. The van der Waals surface area contributed by atoms with Crippen molar-refractivity contribution in [2.24, 2.45) is 0 Å². The predicted octanol–water partition coefficient (Wildman–Crippen LogP) is 4.57. The summed E-state index contributed by atoms with van der Waals surface area (Å²) in [5.74, 6) is -0.253. The molecule has 0 fully saturated rings. The smallest absolute Gasteiger partial charge is 0.303 e. The number of rotatable bonds is 4. The largest absolute Gasteiger partial charge is 0.454 e. The van der Waals surface area contributed by atoms with Gasteiger partial charge in [-0.25, -0.2) is 0 Å². The van der Waals surface area contributed by atoms with Crippen LogP contribution in [0, 0.1) is 0 Å². The van der Waals surface area contributed by atoms with Crippen molar-refractivity contribution in [1.29, 1.82) is 0 Å². The highest BCUT2D eigenvalue weighted by molar-refractivity contribution is 14.1. The highest BCUT2D eigenvalue weighted by Crippen LogP contribution is 2.30. The van der Waals surface area contributed by atoms with Crippen molar-refractivity contribution < 1.29 is 9.53 Å².